The predicted octanol–water partition coefficient (Wildman–Crippen LogP) is 4.73. The van der Waals surface area contributed by atoms with Gasteiger partial charge in [-0.05, 0) is 53.1 Å². The average Bonchev–Trinajstić information content (AvgIpc) is 2.37. The van der Waals surface area contributed by atoms with Crippen molar-refractivity contribution in [2.45, 2.75) is 31.7 Å². The maximum absolute atomic E-state index is 6.12. The van der Waals surface area contributed by atoms with Crippen LogP contribution in [0, 0.1) is 0 Å². The molecule has 0 amide bonds. The third-order valence-corrected chi connectivity index (χ3v) is 4.30. The highest BCUT2D eigenvalue weighted by Crippen LogP contribution is 2.38. The molecule has 2 heteroatoms. The van der Waals surface area contributed by atoms with Crippen LogP contribution in [0.3, 0.4) is 0 Å². The Hall–Kier alpha value is -1.31. The van der Waals surface area contributed by atoms with E-state index in [2.05, 4.69) is 24.3 Å². The molecule has 0 spiro atoms. The average molecular weight is 272 g/mol. The summed E-state index contributed by atoms with van der Waals surface area (Å²) in [4.78, 5) is 0. The van der Waals surface area contributed by atoms with Gasteiger partial charge in [0.25, 0.3) is 0 Å². The minimum atomic E-state index is 0.542. The Morgan fingerprint density at radius 3 is 2.63 bits per heavy atom. The lowest BCUT2D eigenvalue weighted by atomic mass is 9.79. The van der Waals surface area contributed by atoms with Crippen molar-refractivity contribution in [1.82, 2.24) is 0 Å². The van der Waals surface area contributed by atoms with Gasteiger partial charge in [-0.25, -0.2) is 0 Å². The number of nitrogens with two attached hydrogens (primary N) is 1. The molecule has 2 aromatic rings. The lowest BCUT2D eigenvalue weighted by molar-refractivity contribution is 0.420. The fraction of sp³-hybridized carbons (Fsp3) is 0.294. The van der Waals surface area contributed by atoms with Gasteiger partial charge in [0.15, 0.2) is 0 Å². The van der Waals surface area contributed by atoms with Crippen LogP contribution in [0.4, 0.5) is 0 Å². The minimum absolute atomic E-state index is 0.542. The van der Waals surface area contributed by atoms with E-state index in [0.717, 1.165) is 22.1 Å². The SMILES string of the molecule is NCc1ccc(Cl)cc1-c1cccc(C2CCC2)c1. The Morgan fingerprint density at radius 2 is 1.95 bits per heavy atom. The topological polar surface area (TPSA) is 26.0 Å². The van der Waals surface area contributed by atoms with Crippen molar-refractivity contribution >= 4 is 11.6 Å². The molecule has 1 aliphatic carbocycles. The Balaban J connectivity index is 2.03. The summed E-state index contributed by atoms with van der Waals surface area (Å²) < 4.78 is 0. The van der Waals surface area contributed by atoms with Crippen LogP contribution in [0.2, 0.25) is 5.02 Å². The van der Waals surface area contributed by atoms with E-state index >= 15 is 0 Å². The fourth-order valence-corrected chi connectivity index (χ4v) is 2.87. The van der Waals surface area contributed by atoms with E-state index in [4.69, 9.17) is 17.3 Å². The minimum Gasteiger partial charge on any atom is -0.326 e. The zero-order chi connectivity index (χ0) is 13.2. The number of benzene rings is 2. The van der Waals surface area contributed by atoms with Gasteiger partial charge in [-0.1, -0.05) is 48.4 Å². The van der Waals surface area contributed by atoms with Crippen LogP contribution in [0.25, 0.3) is 11.1 Å². The third kappa shape index (κ3) is 2.54. The first-order valence-electron chi connectivity index (χ1n) is 6.87. The van der Waals surface area contributed by atoms with Gasteiger partial charge < -0.3 is 5.73 Å². The maximum atomic E-state index is 6.12. The third-order valence-electron chi connectivity index (χ3n) is 4.07. The lowest BCUT2D eigenvalue weighted by Crippen LogP contribution is -2.08. The maximum Gasteiger partial charge on any atom is 0.0412 e. The Labute approximate surface area is 119 Å². The summed E-state index contributed by atoms with van der Waals surface area (Å²) in [5, 5.41) is 0.765. The van der Waals surface area contributed by atoms with Gasteiger partial charge in [-0.2, -0.15) is 0 Å². The van der Waals surface area contributed by atoms with Crippen LogP contribution in [-0.2, 0) is 6.54 Å². The molecule has 0 saturated heterocycles. The second-order valence-corrected chi connectivity index (χ2v) is 5.70. The highest BCUT2D eigenvalue weighted by atomic mass is 35.5. The number of rotatable bonds is 3. The van der Waals surface area contributed by atoms with E-state index < -0.39 is 0 Å². The Morgan fingerprint density at radius 1 is 1.11 bits per heavy atom. The summed E-state index contributed by atoms with van der Waals surface area (Å²) in [6.45, 7) is 0.542. The molecule has 0 heterocycles. The van der Waals surface area contributed by atoms with Crippen LogP contribution in [-0.4, -0.2) is 0 Å². The first-order valence-corrected chi connectivity index (χ1v) is 7.24. The van der Waals surface area contributed by atoms with Crippen molar-refractivity contribution < 1.29 is 0 Å². The molecule has 0 bridgehead atoms. The first-order chi connectivity index (χ1) is 9.28. The number of hydrogen-bond acceptors (Lipinski definition) is 1. The largest absolute Gasteiger partial charge is 0.326 e. The summed E-state index contributed by atoms with van der Waals surface area (Å²) in [5.74, 6) is 0.750. The van der Waals surface area contributed by atoms with Crippen LogP contribution >= 0.6 is 11.6 Å². The summed E-state index contributed by atoms with van der Waals surface area (Å²) >= 11 is 6.12. The van der Waals surface area contributed by atoms with Gasteiger partial charge in [0.2, 0.25) is 0 Å². The second-order valence-electron chi connectivity index (χ2n) is 5.26. The Kier molecular flexibility index (Phi) is 3.58. The van der Waals surface area contributed by atoms with Crippen LogP contribution < -0.4 is 5.73 Å². The van der Waals surface area contributed by atoms with Crippen LogP contribution in [0.15, 0.2) is 42.5 Å². The van der Waals surface area contributed by atoms with Gasteiger partial charge >= 0.3 is 0 Å². The van der Waals surface area contributed by atoms with E-state index in [1.165, 1.54) is 30.4 Å². The standard InChI is InChI=1S/C17H18ClN/c18-16-8-7-15(11-19)17(10-16)14-6-2-5-13(9-14)12-3-1-4-12/h2,5-10,12H,1,3-4,11,19H2. The van der Waals surface area contributed by atoms with Crippen molar-refractivity contribution in [3.8, 4) is 11.1 Å². The molecule has 98 valence electrons. The first kappa shape index (κ1) is 12.7. The fourth-order valence-electron chi connectivity index (χ4n) is 2.70. The van der Waals surface area contributed by atoms with Crippen molar-refractivity contribution in [2.75, 3.05) is 0 Å². The van der Waals surface area contributed by atoms with E-state index in [1.807, 2.05) is 18.2 Å². The van der Waals surface area contributed by atoms with Crippen LogP contribution in [0.1, 0.15) is 36.3 Å². The van der Waals surface area contributed by atoms with E-state index in [9.17, 15) is 0 Å². The van der Waals surface area contributed by atoms with E-state index in [1.54, 1.807) is 0 Å². The van der Waals surface area contributed by atoms with Gasteiger partial charge in [-0.3, -0.25) is 0 Å². The van der Waals surface area contributed by atoms with Gasteiger partial charge in [-0.15, -0.1) is 0 Å². The van der Waals surface area contributed by atoms with Crippen molar-refractivity contribution in [3.05, 3.63) is 58.6 Å². The smallest absolute Gasteiger partial charge is 0.0412 e. The molecule has 0 aliphatic heterocycles. The molecule has 3 rings (SSSR count). The molecule has 2 N–H and O–H groups in total. The lowest BCUT2D eigenvalue weighted by Gasteiger charge is -2.26. The Bertz CT molecular complexity index is 588. The molecule has 0 unspecified atom stereocenters. The van der Waals surface area contributed by atoms with E-state index in [-0.39, 0.29) is 0 Å². The van der Waals surface area contributed by atoms with Gasteiger partial charge in [0.1, 0.15) is 0 Å². The summed E-state index contributed by atoms with van der Waals surface area (Å²) in [6.07, 6.45) is 4.01. The molecule has 2 aromatic carbocycles. The van der Waals surface area contributed by atoms with Gasteiger partial charge in [0, 0.05) is 11.6 Å². The van der Waals surface area contributed by atoms with Crippen LogP contribution in [0.5, 0.6) is 0 Å². The molecular formula is C17H18ClN. The zero-order valence-electron chi connectivity index (χ0n) is 10.9. The van der Waals surface area contributed by atoms with Crippen molar-refractivity contribution in [2.24, 2.45) is 5.73 Å². The summed E-state index contributed by atoms with van der Waals surface area (Å²) in [7, 11) is 0. The highest BCUT2D eigenvalue weighted by molar-refractivity contribution is 6.30. The molecule has 0 radical (unpaired) electrons. The molecule has 0 atom stereocenters. The molecular weight excluding hydrogens is 254 g/mol. The quantitative estimate of drug-likeness (QED) is 0.858. The molecule has 0 aromatic heterocycles. The highest BCUT2D eigenvalue weighted by Gasteiger charge is 2.19. The second kappa shape index (κ2) is 5.36. The van der Waals surface area contributed by atoms with Crippen molar-refractivity contribution in [3.63, 3.8) is 0 Å². The number of halogens is 1. The number of hydrogen-bond donors (Lipinski definition) is 1. The molecule has 1 saturated carbocycles. The zero-order valence-corrected chi connectivity index (χ0v) is 11.7. The van der Waals surface area contributed by atoms with E-state index in [0.29, 0.717) is 6.54 Å². The van der Waals surface area contributed by atoms with Crippen molar-refractivity contribution in [1.29, 1.82) is 0 Å². The predicted molar refractivity (Wildman–Crippen MR) is 81.4 cm³/mol. The normalized spacial score (nSPS) is 15.3. The molecule has 1 fully saturated rings. The van der Waals surface area contributed by atoms with Gasteiger partial charge in [0.05, 0.1) is 0 Å². The molecule has 1 nitrogen and oxygen atoms in total. The monoisotopic (exact) mass is 271 g/mol. The summed E-state index contributed by atoms with van der Waals surface area (Å²) in [5.41, 5.74) is 10.8. The summed E-state index contributed by atoms with van der Waals surface area (Å²) in [6, 6.07) is 14.8. The molecule has 19 heavy (non-hydrogen) atoms. The molecule has 1 aliphatic rings.